The molecule has 1 heterocycles. The molecule has 0 N–H and O–H groups in total. The van der Waals surface area contributed by atoms with Crippen molar-refractivity contribution in [3.63, 3.8) is 0 Å². The number of nitrogens with zero attached hydrogens (tertiary/aromatic N) is 1. The molecule has 2 fully saturated rings. The van der Waals surface area contributed by atoms with Gasteiger partial charge in [0.1, 0.15) is 5.54 Å². The fraction of sp³-hybridized carbons (Fsp3) is 0.333. The molecule has 1 spiro atoms. The Balaban J connectivity index is 1.72. The molecule has 2 atom stereocenters. The molecule has 0 radical (unpaired) electrons. The fourth-order valence-electron chi connectivity index (χ4n) is 4.32. The monoisotopic (exact) mass is 319 g/mol. The minimum Gasteiger partial charge on any atom is -0.324 e. The normalized spacial score (nSPS) is 26.5. The highest BCUT2D eigenvalue weighted by molar-refractivity contribution is 6.07. The van der Waals surface area contributed by atoms with Gasteiger partial charge in [0.2, 0.25) is 5.91 Å². The van der Waals surface area contributed by atoms with E-state index < -0.39 is 5.54 Å². The van der Waals surface area contributed by atoms with E-state index in [0.717, 1.165) is 30.4 Å². The Hall–Kier alpha value is -2.42. The minimum absolute atomic E-state index is 0.0836. The number of hydrogen-bond donors (Lipinski definition) is 0. The lowest BCUT2D eigenvalue weighted by molar-refractivity contribution is -0.174. The molecular formula is C21H21NO2. The molecule has 1 saturated heterocycles. The van der Waals surface area contributed by atoms with Gasteiger partial charge >= 0.3 is 0 Å². The predicted octanol–water partition coefficient (Wildman–Crippen LogP) is 3.69. The smallest absolute Gasteiger partial charge is 0.234 e. The first-order chi connectivity index (χ1) is 11.7. The SMILES string of the molecule is O=C1C(c2ccccc2)C2(CCCCC2=O)N1Cc1ccccc1. The van der Waals surface area contributed by atoms with E-state index in [1.54, 1.807) is 0 Å². The van der Waals surface area contributed by atoms with E-state index in [4.69, 9.17) is 0 Å². The lowest BCUT2D eigenvalue weighted by Gasteiger charge is -2.58. The second kappa shape index (κ2) is 5.90. The van der Waals surface area contributed by atoms with Crippen molar-refractivity contribution in [2.45, 2.75) is 43.7 Å². The second-order valence-corrected chi connectivity index (χ2v) is 6.81. The van der Waals surface area contributed by atoms with Crippen LogP contribution in [-0.2, 0) is 16.1 Å². The van der Waals surface area contributed by atoms with Crippen LogP contribution in [0, 0.1) is 0 Å². The molecule has 0 aromatic heterocycles. The maximum absolute atomic E-state index is 13.0. The average Bonchev–Trinajstić information content (AvgIpc) is 2.63. The molecule has 3 nitrogen and oxygen atoms in total. The van der Waals surface area contributed by atoms with Gasteiger partial charge in [-0.15, -0.1) is 0 Å². The van der Waals surface area contributed by atoms with Gasteiger partial charge in [-0.3, -0.25) is 9.59 Å². The van der Waals surface area contributed by atoms with Crippen molar-refractivity contribution in [1.29, 1.82) is 0 Å². The van der Waals surface area contributed by atoms with E-state index in [0.29, 0.717) is 13.0 Å². The minimum atomic E-state index is -0.632. The molecule has 1 amide bonds. The summed E-state index contributed by atoms with van der Waals surface area (Å²) >= 11 is 0. The van der Waals surface area contributed by atoms with Crippen molar-refractivity contribution in [1.82, 2.24) is 4.90 Å². The van der Waals surface area contributed by atoms with Crippen molar-refractivity contribution in [2.75, 3.05) is 0 Å². The van der Waals surface area contributed by atoms with Gasteiger partial charge in [-0.05, 0) is 24.0 Å². The summed E-state index contributed by atoms with van der Waals surface area (Å²) in [6.45, 7) is 0.523. The summed E-state index contributed by atoms with van der Waals surface area (Å²) in [5.41, 5.74) is 1.42. The van der Waals surface area contributed by atoms with E-state index in [2.05, 4.69) is 0 Å². The Labute approximate surface area is 142 Å². The molecule has 2 aromatic rings. The Bertz CT molecular complexity index is 756. The topological polar surface area (TPSA) is 37.4 Å². The van der Waals surface area contributed by atoms with E-state index in [9.17, 15) is 9.59 Å². The fourth-order valence-corrected chi connectivity index (χ4v) is 4.32. The number of ketones is 1. The molecule has 0 bridgehead atoms. The number of hydrogen-bond acceptors (Lipinski definition) is 2. The summed E-state index contributed by atoms with van der Waals surface area (Å²) < 4.78 is 0. The Morgan fingerprint density at radius 3 is 2.25 bits per heavy atom. The van der Waals surface area contributed by atoms with E-state index in [1.807, 2.05) is 65.6 Å². The van der Waals surface area contributed by atoms with Crippen LogP contribution in [0.2, 0.25) is 0 Å². The van der Waals surface area contributed by atoms with Gasteiger partial charge in [0, 0.05) is 13.0 Å². The van der Waals surface area contributed by atoms with Gasteiger partial charge in [0.25, 0.3) is 0 Å². The highest BCUT2D eigenvalue weighted by Crippen LogP contribution is 2.51. The third-order valence-corrected chi connectivity index (χ3v) is 5.48. The maximum atomic E-state index is 13.0. The predicted molar refractivity (Wildman–Crippen MR) is 92.4 cm³/mol. The number of carbonyl (C=O) groups excluding carboxylic acids is 2. The highest BCUT2D eigenvalue weighted by Gasteiger charge is 2.64. The van der Waals surface area contributed by atoms with Crippen LogP contribution in [0.4, 0.5) is 0 Å². The summed E-state index contributed by atoms with van der Waals surface area (Å²) in [6.07, 6.45) is 3.31. The van der Waals surface area contributed by atoms with Crippen LogP contribution in [0.3, 0.4) is 0 Å². The van der Waals surface area contributed by atoms with Crippen molar-refractivity contribution >= 4 is 11.7 Å². The van der Waals surface area contributed by atoms with E-state index in [1.165, 1.54) is 0 Å². The zero-order chi connectivity index (χ0) is 16.6. The molecule has 2 unspecified atom stereocenters. The summed E-state index contributed by atoms with van der Waals surface area (Å²) in [5.74, 6) is 0.00801. The first kappa shape index (κ1) is 15.1. The Morgan fingerprint density at radius 2 is 1.58 bits per heavy atom. The van der Waals surface area contributed by atoms with Gasteiger partial charge in [0.05, 0.1) is 5.92 Å². The second-order valence-electron chi connectivity index (χ2n) is 6.81. The van der Waals surface area contributed by atoms with Crippen LogP contribution in [0.25, 0.3) is 0 Å². The lowest BCUT2D eigenvalue weighted by atomic mass is 9.61. The molecule has 1 aliphatic carbocycles. The number of amides is 1. The molecule has 1 aliphatic heterocycles. The quantitative estimate of drug-likeness (QED) is 0.809. The molecule has 1 saturated carbocycles. The standard InChI is InChI=1S/C21H21NO2/c23-18-13-7-8-14-21(18)19(17-11-5-2-6-12-17)20(24)22(21)15-16-9-3-1-4-10-16/h1-6,9-12,19H,7-8,13-15H2. The number of benzene rings is 2. The summed E-state index contributed by atoms with van der Waals surface area (Å²) in [4.78, 5) is 27.7. The van der Waals surface area contributed by atoms with E-state index >= 15 is 0 Å². The van der Waals surface area contributed by atoms with E-state index in [-0.39, 0.29) is 17.6 Å². The van der Waals surface area contributed by atoms with Crippen LogP contribution in [0.15, 0.2) is 60.7 Å². The molecule has 3 heteroatoms. The maximum Gasteiger partial charge on any atom is 0.234 e. The molecule has 2 aliphatic rings. The van der Waals surface area contributed by atoms with Gasteiger partial charge < -0.3 is 4.90 Å². The Morgan fingerprint density at radius 1 is 0.917 bits per heavy atom. The van der Waals surface area contributed by atoms with Gasteiger partial charge in [-0.25, -0.2) is 0 Å². The third-order valence-electron chi connectivity index (χ3n) is 5.48. The highest BCUT2D eigenvalue weighted by atomic mass is 16.2. The van der Waals surface area contributed by atoms with Gasteiger partial charge in [-0.1, -0.05) is 67.1 Å². The molecule has 122 valence electrons. The van der Waals surface area contributed by atoms with Gasteiger partial charge in [-0.2, -0.15) is 0 Å². The average molecular weight is 319 g/mol. The lowest BCUT2D eigenvalue weighted by Crippen LogP contribution is -2.73. The number of carbonyl (C=O) groups is 2. The van der Waals surface area contributed by atoms with Gasteiger partial charge in [0.15, 0.2) is 5.78 Å². The summed E-state index contributed by atoms with van der Waals surface area (Å²) in [7, 11) is 0. The first-order valence-corrected chi connectivity index (χ1v) is 8.67. The number of Topliss-reactive ketones (excluding diaryl/α,β-unsaturated/α-hetero) is 1. The van der Waals surface area contributed by atoms with Crippen LogP contribution >= 0.6 is 0 Å². The number of likely N-dealkylation sites (tertiary alicyclic amines) is 1. The molecular weight excluding hydrogens is 298 g/mol. The Kier molecular flexibility index (Phi) is 3.72. The van der Waals surface area contributed by atoms with Crippen LogP contribution in [0.1, 0.15) is 42.7 Å². The van der Waals surface area contributed by atoms with Crippen molar-refractivity contribution in [3.05, 3.63) is 71.8 Å². The zero-order valence-corrected chi connectivity index (χ0v) is 13.7. The van der Waals surface area contributed by atoms with Crippen molar-refractivity contribution in [3.8, 4) is 0 Å². The largest absolute Gasteiger partial charge is 0.324 e. The van der Waals surface area contributed by atoms with Crippen molar-refractivity contribution in [2.24, 2.45) is 0 Å². The molecule has 2 aromatic carbocycles. The van der Waals surface area contributed by atoms with Crippen molar-refractivity contribution < 1.29 is 9.59 Å². The van der Waals surface area contributed by atoms with Crippen LogP contribution < -0.4 is 0 Å². The third kappa shape index (κ3) is 2.19. The number of rotatable bonds is 3. The summed E-state index contributed by atoms with van der Waals surface area (Å²) in [5, 5.41) is 0. The first-order valence-electron chi connectivity index (χ1n) is 8.67. The number of β-lactam (4-membered cyclic amide) rings is 1. The molecule has 4 rings (SSSR count). The van der Waals surface area contributed by atoms with Crippen LogP contribution in [-0.4, -0.2) is 22.1 Å². The summed E-state index contributed by atoms with van der Waals surface area (Å²) in [6, 6.07) is 19.8. The molecule has 24 heavy (non-hydrogen) atoms. The zero-order valence-electron chi connectivity index (χ0n) is 13.7. The van der Waals surface area contributed by atoms with Crippen LogP contribution in [0.5, 0.6) is 0 Å².